The number of likely N-dealkylation sites (tertiary alicyclic amines) is 1. The largest absolute Gasteiger partial charge is 0.496 e. The zero-order valence-electron chi connectivity index (χ0n) is 15.3. The molecule has 26 heavy (non-hydrogen) atoms. The van der Waals surface area contributed by atoms with Crippen LogP contribution in [0.3, 0.4) is 0 Å². The number of hydrogen-bond donors (Lipinski definition) is 1. The normalized spacial score (nSPS) is 17.3. The monoisotopic (exact) mass is 356 g/mol. The number of methoxy groups -OCH3 is 1. The SMILES string of the molecule is COc1ccc(F)cc1-c1cccc(C(=O)NCCC2CCCN2C)c1. The fraction of sp³-hybridized carbons (Fsp3) is 0.381. The second-order valence-electron chi connectivity index (χ2n) is 6.75. The van der Waals surface area contributed by atoms with Crippen LogP contribution in [0.25, 0.3) is 11.1 Å². The van der Waals surface area contributed by atoms with Gasteiger partial charge in [0.05, 0.1) is 7.11 Å². The van der Waals surface area contributed by atoms with E-state index in [4.69, 9.17) is 4.74 Å². The Morgan fingerprint density at radius 2 is 2.15 bits per heavy atom. The molecular formula is C21H25FN2O2. The molecule has 2 aromatic rings. The minimum Gasteiger partial charge on any atom is -0.496 e. The van der Waals surface area contributed by atoms with Gasteiger partial charge in [-0.25, -0.2) is 4.39 Å². The summed E-state index contributed by atoms with van der Waals surface area (Å²) in [5, 5.41) is 2.99. The van der Waals surface area contributed by atoms with Crippen LogP contribution in [0.4, 0.5) is 4.39 Å². The number of rotatable bonds is 6. The molecule has 5 heteroatoms. The van der Waals surface area contributed by atoms with Gasteiger partial charge in [0.1, 0.15) is 11.6 Å². The van der Waals surface area contributed by atoms with Crippen LogP contribution < -0.4 is 10.1 Å². The van der Waals surface area contributed by atoms with Crippen molar-refractivity contribution in [2.75, 3.05) is 27.2 Å². The van der Waals surface area contributed by atoms with E-state index in [0.29, 0.717) is 29.5 Å². The highest BCUT2D eigenvalue weighted by molar-refractivity contribution is 5.95. The number of hydrogen-bond acceptors (Lipinski definition) is 3. The molecule has 0 spiro atoms. The molecule has 1 aliphatic heterocycles. The van der Waals surface area contributed by atoms with Gasteiger partial charge in [0.25, 0.3) is 5.91 Å². The molecule has 138 valence electrons. The summed E-state index contributed by atoms with van der Waals surface area (Å²) in [5.41, 5.74) is 1.95. The Labute approximate surface area is 154 Å². The summed E-state index contributed by atoms with van der Waals surface area (Å²) in [6, 6.07) is 12.1. The maximum Gasteiger partial charge on any atom is 0.251 e. The van der Waals surface area contributed by atoms with Gasteiger partial charge in [-0.1, -0.05) is 12.1 Å². The van der Waals surface area contributed by atoms with Crippen molar-refractivity contribution >= 4 is 5.91 Å². The Balaban J connectivity index is 1.69. The van der Waals surface area contributed by atoms with Gasteiger partial charge in [-0.3, -0.25) is 4.79 Å². The number of benzene rings is 2. The summed E-state index contributed by atoms with van der Waals surface area (Å²) in [7, 11) is 3.68. The van der Waals surface area contributed by atoms with E-state index in [2.05, 4.69) is 17.3 Å². The number of ether oxygens (including phenoxy) is 1. The average molecular weight is 356 g/mol. The second-order valence-corrected chi connectivity index (χ2v) is 6.75. The molecule has 0 saturated carbocycles. The molecule has 1 heterocycles. The van der Waals surface area contributed by atoms with Crippen LogP contribution in [0.2, 0.25) is 0 Å². The summed E-state index contributed by atoms with van der Waals surface area (Å²) >= 11 is 0. The van der Waals surface area contributed by atoms with Crippen LogP contribution in [0.15, 0.2) is 42.5 Å². The van der Waals surface area contributed by atoms with Crippen molar-refractivity contribution in [3.63, 3.8) is 0 Å². The maximum atomic E-state index is 13.6. The first-order valence-electron chi connectivity index (χ1n) is 9.01. The predicted molar refractivity (Wildman–Crippen MR) is 101 cm³/mol. The molecule has 0 bridgehead atoms. The van der Waals surface area contributed by atoms with Crippen molar-refractivity contribution in [3.05, 3.63) is 53.8 Å². The highest BCUT2D eigenvalue weighted by Crippen LogP contribution is 2.31. The van der Waals surface area contributed by atoms with E-state index in [9.17, 15) is 9.18 Å². The highest BCUT2D eigenvalue weighted by Gasteiger charge is 2.20. The first-order chi connectivity index (χ1) is 12.6. The van der Waals surface area contributed by atoms with Crippen LogP contribution in [-0.2, 0) is 0 Å². The van der Waals surface area contributed by atoms with E-state index in [0.717, 1.165) is 18.5 Å². The molecule has 1 saturated heterocycles. The van der Waals surface area contributed by atoms with E-state index in [1.165, 1.54) is 25.0 Å². The summed E-state index contributed by atoms with van der Waals surface area (Å²) in [6.07, 6.45) is 3.38. The predicted octanol–water partition coefficient (Wildman–Crippen LogP) is 3.72. The van der Waals surface area contributed by atoms with Gasteiger partial charge in [-0.2, -0.15) is 0 Å². The Morgan fingerprint density at radius 1 is 1.31 bits per heavy atom. The molecular weight excluding hydrogens is 331 g/mol. The molecule has 0 radical (unpaired) electrons. The van der Waals surface area contributed by atoms with E-state index in [1.54, 1.807) is 31.4 Å². The third-order valence-corrected chi connectivity index (χ3v) is 5.03. The lowest BCUT2D eigenvalue weighted by molar-refractivity contribution is 0.0950. The minimum absolute atomic E-state index is 0.108. The molecule has 4 nitrogen and oxygen atoms in total. The molecule has 3 rings (SSSR count). The first kappa shape index (κ1) is 18.4. The fourth-order valence-corrected chi connectivity index (χ4v) is 3.53. The van der Waals surface area contributed by atoms with E-state index >= 15 is 0 Å². The number of halogens is 1. The van der Waals surface area contributed by atoms with Crippen molar-refractivity contribution in [2.24, 2.45) is 0 Å². The minimum atomic E-state index is -0.337. The average Bonchev–Trinajstić information content (AvgIpc) is 3.06. The fourth-order valence-electron chi connectivity index (χ4n) is 3.53. The van der Waals surface area contributed by atoms with Crippen molar-refractivity contribution in [2.45, 2.75) is 25.3 Å². The third-order valence-electron chi connectivity index (χ3n) is 5.03. The van der Waals surface area contributed by atoms with Crippen LogP contribution in [0, 0.1) is 5.82 Å². The summed E-state index contributed by atoms with van der Waals surface area (Å²) in [4.78, 5) is 14.8. The van der Waals surface area contributed by atoms with Crippen LogP contribution in [0.1, 0.15) is 29.6 Å². The van der Waals surface area contributed by atoms with Crippen LogP contribution >= 0.6 is 0 Å². The van der Waals surface area contributed by atoms with Gasteiger partial charge in [0.2, 0.25) is 0 Å². The van der Waals surface area contributed by atoms with Gasteiger partial charge in [0, 0.05) is 23.7 Å². The van der Waals surface area contributed by atoms with Crippen molar-refractivity contribution < 1.29 is 13.9 Å². The summed E-state index contributed by atoms with van der Waals surface area (Å²) in [5.74, 6) is 0.132. The first-order valence-corrected chi connectivity index (χ1v) is 9.01. The third kappa shape index (κ3) is 4.22. The summed E-state index contributed by atoms with van der Waals surface area (Å²) in [6.45, 7) is 1.79. The van der Waals surface area contributed by atoms with Crippen molar-refractivity contribution in [1.29, 1.82) is 0 Å². The van der Waals surface area contributed by atoms with E-state index in [-0.39, 0.29) is 11.7 Å². The Bertz CT molecular complexity index is 778. The lowest BCUT2D eigenvalue weighted by Crippen LogP contribution is -2.31. The molecule has 0 aromatic heterocycles. The molecule has 1 atom stereocenters. The lowest BCUT2D eigenvalue weighted by Gasteiger charge is -2.19. The topological polar surface area (TPSA) is 41.6 Å². The molecule has 1 N–H and O–H groups in total. The number of carbonyl (C=O) groups excluding carboxylic acids is 1. The molecule has 0 aliphatic carbocycles. The van der Waals surface area contributed by atoms with Crippen molar-refractivity contribution in [1.82, 2.24) is 10.2 Å². The number of nitrogens with zero attached hydrogens (tertiary/aromatic N) is 1. The van der Waals surface area contributed by atoms with Crippen LogP contribution in [-0.4, -0.2) is 44.1 Å². The Hall–Kier alpha value is -2.40. The lowest BCUT2D eigenvalue weighted by atomic mass is 10.0. The zero-order chi connectivity index (χ0) is 18.5. The van der Waals surface area contributed by atoms with E-state index in [1.807, 2.05) is 6.07 Å². The van der Waals surface area contributed by atoms with Gasteiger partial charge >= 0.3 is 0 Å². The Morgan fingerprint density at radius 3 is 2.88 bits per heavy atom. The smallest absolute Gasteiger partial charge is 0.251 e. The maximum absolute atomic E-state index is 13.6. The number of amides is 1. The van der Waals surface area contributed by atoms with Gasteiger partial charge < -0.3 is 15.0 Å². The van der Waals surface area contributed by atoms with Gasteiger partial charge in [-0.15, -0.1) is 0 Å². The highest BCUT2D eigenvalue weighted by atomic mass is 19.1. The molecule has 1 unspecified atom stereocenters. The second kappa shape index (κ2) is 8.32. The number of carbonyl (C=O) groups is 1. The van der Waals surface area contributed by atoms with Crippen molar-refractivity contribution in [3.8, 4) is 16.9 Å². The zero-order valence-corrected chi connectivity index (χ0v) is 15.3. The number of nitrogens with one attached hydrogen (secondary N) is 1. The van der Waals surface area contributed by atoms with Gasteiger partial charge in [-0.05, 0) is 68.8 Å². The molecule has 1 amide bonds. The molecule has 1 fully saturated rings. The van der Waals surface area contributed by atoms with Gasteiger partial charge in [0.15, 0.2) is 0 Å². The Kier molecular flexibility index (Phi) is 5.89. The standard InChI is InChI=1S/C21H25FN2O2/c1-24-12-4-7-18(24)10-11-23-21(25)16-6-3-5-15(13-16)19-14-17(22)8-9-20(19)26-2/h3,5-6,8-9,13-14,18H,4,7,10-12H2,1-2H3,(H,23,25). The van der Waals surface area contributed by atoms with Crippen LogP contribution in [0.5, 0.6) is 5.75 Å². The molecule has 2 aromatic carbocycles. The molecule has 1 aliphatic rings. The quantitative estimate of drug-likeness (QED) is 0.858. The van der Waals surface area contributed by atoms with E-state index < -0.39 is 0 Å². The summed E-state index contributed by atoms with van der Waals surface area (Å²) < 4.78 is 19.0.